The molecule has 2 atom stereocenters. The van der Waals surface area contributed by atoms with Crippen molar-refractivity contribution in [2.24, 2.45) is 5.92 Å². The maximum Gasteiger partial charge on any atom is 0.260 e. The quantitative estimate of drug-likeness (QED) is 0.833. The van der Waals surface area contributed by atoms with Crippen LogP contribution in [0.4, 0.5) is 10.3 Å². The molecule has 5 nitrogen and oxygen atoms in total. The highest BCUT2D eigenvalue weighted by atomic mass is 19.1. The summed E-state index contributed by atoms with van der Waals surface area (Å²) in [5.74, 6) is 1.26. The first-order valence-corrected chi connectivity index (χ1v) is 9.23. The molecule has 0 aromatic carbocycles. The Morgan fingerprint density at radius 2 is 2.00 bits per heavy atom. The number of rotatable bonds is 2. The smallest absolute Gasteiger partial charge is 0.260 e. The van der Waals surface area contributed by atoms with Crippen LogP contribution in [-0.2, 0) is 11.2 Å². The van der Waals surface area contributed by atoms with Crippen molar-refractivity contribution in [3.05, 3.63) is 17.5 Å². The third kappa shape index (κ3) is 2.07. The Morgan fingerprint density at radius 1 is 1.21 bits per heavy atom. The van der Waals surface area contributed by atoms with Gasteiger partial charge in [-0.1, -0.05) is 0 Å². The summed E-state index contributed by atoms with van der Waals surface area (Å²) in [6.45, 7) is 3.40. The maximum absolute atomic E-state index is 14.4. The standard InChI is InChI=1S/C18H23FN4O/c19-18(4-3-5-18)16(24)23-10-12-8-15-13(14(12)11-23)9-20-17(21-15)22-6-1-2-7-22/h9,12,14H,1-8,10-11H2. The molecule has 1 aromatic rings. The molecular weight excluding hydrogens is 307 g/mol. The van der Waals surface area contributed by atoms with Crippen LogP contribution in [0.5, 0.6) is 0 Å². The molecule has 0 radical (unpaired) electrons. The Hall–Kier alpha value is -1.72. The molecule has 5 rings (SSSR count). The summed E-state index contributed by atoms with van der Waals surface area (Å²) in [6.07, 6.45) is 6.92. The zero-order valence-electron chi connectivity index (χ0n) is 13.9. The fourth-order valence-electron chi connectivity index (χ4n) is 4.79. The van der Waals surface area contributed by atoms with E-state index in [-0.39, 0.29) is 5.91 Å². The van der Waals surface area contributed by atoms with Crippen LogP contribution >= 0.6 is 0 Å². The fraction of sp³-hybridized carbons (Fsp3) is 0.722. The molecule has 0 N–H and O–H groups in total. The summed E-state index contributed by atoms with van der Waals surface area (Å²) in [5, 5.41) is 0. The van der Waals surface area contributed by atoms with Crippen LogP contribution in [0.2, 0.25) is 0 Å². The van der Waals surface area contributed by atoms with Crippen molar-refractivity contribution >= 4 is 11.9 Å². The second kappa shape index (κ2) is 5.14. The van der Waals surface area contributed by atoms with Crippen LogP contribution < -0.4 is 4.90 Å². The molecule has 6 heteroatoms. The van der Waals surface area contributed by atoms with Gasteiger partial charge in [-0.3, -0.25) is 4.79 Å². The second-order valence-corrected chi connectivity index (χ2v) is 7.87. The van der Waals surface area contributed by atoms with Crippen LogP contribution in [0.1, 0.15) is 49.3 Å². The summed E-state index contributed by atoms with van der Waals surface area (Å²) in [7, 11) is 0. The molecule has 2 saturated heterocycles. The Kier molecular flexibility index (Phi) is 3.13. The number of nitrogens with zero attached hydrogens (tertiary/aromatic N) is 4. The van der Waals surface area contributed by atoms with E-state index in [1.807, 2.05) is 6.20 Å². The number of hydrogen-bond acceptors (Lipinski definition) is 4. The van der Waals surface area contributed by atoms with E-state index in [1.165, 1.54) is 18.4 Å². The maximum atomic E-state index is 14.4. The van der Waals surface area contributed by atoms with Gasteiger partial charge in [-0.15, -0.1) is 0 Å². The Labute approximate surface area is 141 Å². The largest absolute Gasteiger partial charge is 0.341 e. The van der Waals surface area contributed by atoms with Crippen LogP contribution in [-0.4, -0.2) is 52.6 Å². The van der Waals surface area contributed by atoms with Gasteiger partial charge < -0.3 is 9.80 Å². The molecule has 2 unspecified atom stereocenters. The average molecular weight is 330 g/mol. The van der Waals surface area contributed by atoms with Gasteiger partial charge in [0.25, 0.3) is 5.91 Å². The van der Waals surface area contributed by atoms with Crippen LogP contribution in [0, 0.1) is 5.92 Å². The van der Waals surface area contributed by atoms with Gasteiger partial charge in [0.15, 0.2) is 5.67 Å². The molecule has 4 aliphatic rings. The predicted molar refractivity (Wildman–Crippen MR) is 87.7 cm³/mol. The van der Waals surface area contributed by atoms with Crippen LogP contribution in [0.25, 0.3) is 0 Å². The third-order valence-electron chi connectivity index (χ3n) is 6.39. The van der Waals surface area contributed by atoms with E-state index in [2.05, 4.69) is 9.88 Å². The molecule has 0 bridgehead atoms. The van der Waals surface area contributed by atoms with Gasteiger partial charge in [0.05, 0.1) is 0 Å². The number of hydrogen-bond donors (Lipinski definition) is 0. The Balaban J connectivity index is 1.34. The molecule has 3 fully saturated rings. The molecule has 24 heavy (non-hydrogen) atoms. The lowest BCUT2D eigenvalue weighted by Crippen LogP contribution is -2.49. The molecule has 1 amide bonds. The molecule has 0 spiro atoms. The SMILES string of the molecule is O=C(N1CC2Cc3nc(N4CCCC4)ncc3C2C1)C1(F)CCC1. The number of carbonyl (C=O) groups excluding carboxylic acids is 1. The van der Waals surface area contributed by atoms with E-state index in [9.17, 15) is 9.18 Å². The van der Waals surface area contributed by atoms with E-state index in [4.69, 9.17) is 4.98 Å². The topological polar surface area (TPSA) is 49.3 Å². The highest BCUT2D eigenvalue weighted by Crippen LogP contribution is 2.45. The Morgan fingerprint density at radius 3 is 2.71 bits per heavy atom. The normalized spacial score (nSPS) is 30.2. The van der Waals surface area contributed by atoms with Gasteiger partial charge >= 0.3 is 0 Å². The highest BCUT2D eigenvalue weighted by Gasteiger charge is 2.51. The molecule has 3 heterocycles. The number of amides is 1. The minimum Gasteiger partial charge on any atom is -0.341 e. The van der Waals surface area contributed by atoms with Crippen LogP contribution in [0.15, 0.2) is 6.20 Å². The van der Waals surface area contributed by atoms with Gasteiger partial charge in [-0.2, -0.15) is 0 Å². The lowest BCUT2D eigenvalue weighted by Gasteiger charge is -2.35. The van der Waals surface area contributed by atoms with Crippen molar-refractivity contribution < 1.29 is 9.18 Å². The summed E-state index contributed by atoms with van der Waals surface area (Å²) in [5.41, 5.74) is 0.754. The number of fused-ring (bicyclic) bond motifs is 3. The number of alkyl halides is 1. The number of carbonyl (C=O) groups is 1. The van der Waals surface area contributed by atoms with E-state index >= 15 is 0 Å². The minimum atomic E-state index is -1.57. The van der Waals surface area contributed by atoms with Gasteiger partial charge in [0.2, 0.25) is 5.95 Å². The first-order valence-electron chi connectivity index (χ1n) is 9.23. The number of anilines is 1. The number of halogens is 1. The van der Waals surface area contributed by atoms with Crippen LogP contribution in [0.3, 0.4) is 0 Å². The van der Waals surface area contributed by atoms with Crippen molar-refractivity contribution in [2.45, 2.75) is 50.1 Å². The highest BCUT2D eigenvalue weighted by molar-refractivity contribution is 5.86. The monoisotopic (exact) mass is 330 g/mol. The van der Waals surface area contributed by atoms with E-state index in [1.54, 1.807) is 4.90 Å². The summed E-state index contributed by atoms with van der Waals surface area (Å²) in [6, 6.07) is 0. The fourth-order valence-corrected chi connectivity index (χ4v) is 4.79. The van der Waals surface area contributed by atoms with E-state index in [0.717, 1.165) is 37.6 Å². The summed E-state index contributed by atoms with van der Waals surface area (Å²) in [4.78, 5) is 25.8. The minimum absolute atomic E-state index is 0.278. The zero-order valence-corrected chi connectivity index (χ0v) is 13.9. The number of aromatic nitrogens is 2. The van der Waals surface area contributed by atoms with Crippen molar-refractivity contribution in [3.63, 3.8) is 0 Å². The predicted octanol–water partition coefficient (Wildman–Crippen LogP) is 2.07. The lowest BCUT2D eigenvalue weighted by atomic mass is 9.81. The first kappa shape index (κ1) is 14.6. The van der Waals surface area contributed by atoms with E-state index < -0.39 is 5.67 Å². The van der Waals surface area contributed by atoms with Crippen molar-refractivity contribution in [2.75, 3.05) is 31.1 Å². The van der Waals surface area contributed by atoms with Crippen molar-refractivity contribution in [1.82, 2.24) is 14.9 Å². The number of likely N-dealkylation sites (tertiary alicyclic amines) is 1. The lowest BCUT2D eigenvalue weighted by molar-refractivity contribution is -0.149. The Bertz CT molecular complexity index is 684. The second-order valence-electron chi connectivity index (χ2n) is 7.87. The van der Waals surface area contributed by atoms with Crippen molar-refractivity contribution in [1.29, 1.82) is 0 Å². The molecule has 1 aromatic heterocycles. The average Bonchev–Trinajstić information content (AvgIpc) is 3.26. The van der Waals surface area contributed by atoms with Gasteiger partial charge in [0.1, 0.15) is 0 Å². The molecule has 2 aliphatic carbocycles. The van der Waals surface area contributed by atoms with Gasteiger partial charge in [0, 0.05) is 44.0 Å². The third-order valence-corrected chi connectivity index (χ3v) is 6.39. The molecular formula is C18H23FN4O. The van der Waals surface area contributed by atoms with Gasteiger partial charge in [-0.25, -0.2) is 14.4 Å². The summed E-state index contributed by atoms with van der Waals surface area (Å²) < 4.78 is 14.4. The summed E-state index contributed by atoms with van der Waals surface area (Å²) >= 11 is 0. The van der Waals surface area contributed by atoms with E-state index in [0.29, 0.717) is 37.8 Å². The van der Waals surface area contributed by atoms with Crippen molar-refractivity contribution in [3.8, 4) is 0 Å². The van der Waals surface area contributed by atoms with Gasteiger partial charge in [-0.05, 0) is 50.0 Å². The molecule has 2 aliphatic heterocycles. The first-order chi connectivity index (χ1) is 11.6. The zero-order chi connectivity index (χ0) is 16.3. The molecule has 128 valence electrons. The molecule has 1 saturated carbocycles.